The monoisotopic (exact) mass is 867 g/mol. The van der Waals surface area contributed by atoms with E-state index in [0.717, 1.165) is 50.1 Å². The lowest BCUT2D eigenvalue weighted by Gasteiger charge is -2.06. The SMILES string of the molecule is C.CC(N)=O.CCOCC.Cc1ccncc1-c1nc(-c2cccc(Br)c2)co1.Cc1ccncc1C(=O)OCC(=O)c1cccc(Br)c1.FB(F)F.[2HH]. The number of benzene rings is 2. The van der Waals surface area contributed by atoms with E-state index in [0.29, 0.717) is 17.0 Å². The van der Waals surface area contributed by atoms with E-state index < -0.39 is 13.5 Å². The van der Waals surface area contributed by atoms with E-state index in [4.69, 9.17) is 13.9 Å². The van der Waals surface area contributed by atoms with Gasteiger partial charge in [-0.3, -0.25) is 32.5 Å². The molecule has 5 aromatic rings. The number of aryl methyl sites for hydroxylation is 2. The van der Waals surface area contributed by atoms with E-state index in [1.54, 1.807) is 56.0 Å². The van der Waals surface area contributed by atoms with Crippen LogP contribution in [0.5, 0.6) is 0 Å². The fourth-order valence-corrected chi connectivity index (χ4v) is 4.50. The summed E-state index contributed by atoms with van der Waals surface area (Å²) in [4.78, 5) is 45.5. The van der Waals surface area contributed by atoms with Crippen LogP contribution in [0.2, 0.25) is 0 Å². The van der Waals surface area contributed by atoms with Crippen molar-refractivity contribution in [2.24, 2.45) is 5.73 Å². The molecule has 16 heteroatoms. The number of oxazole rings is 1. The fourth-order valence-electron chi connectivity index (χ4n) is 3.70. The number of pyridine rings is 2. The number of amides is 1. The van der Waals surface area contributed by atoms with Gasteiger partial charge in [0, 0.05) is 66.4 Å². The molecule has 286 valence electrons. The summed E-state index contributed by atoms with van der Waals surface area (Å²) in [6.45, 7) is 10.5. The predicted octanol–water partition coefficient (Wildman–Crippen LogP) is 9.96. The number of carbonyl (C=O) groups is 3. The highest BCUT2D eigenvalue weighted by atomic mass is 79.9. The van der Waals surface area contributed by atoms with Crippen LogP contribution in [0.1, 0.15) is 61.5 Å². The minimum Gasteiger partial charge on any atom is -0.454 e. The molecule has 0 aliphatic carbocycles. The number of ether oxygens (including phenoxy) is 2. The molecule has 0 saturated carbocycles. The molecule has 10 nitrogen and oxygen atoms in total. The van der Waals surface area contributed by atoms with Gasteiger partial charge < -0.3 is 19.6 Å². The van der Waals surface area contributed by atoms with E-state index in [-0.39, 0.29) is 27.2 Å². The van der Waals surface area contributed by atoms with Gasteiger partial charge in [0.1, 0.15) is 12.0 Å². The number of primary amides is 1. The van der Waals surface area contributed by atoms with Gasteiger partial charge in [-0.05, 0) is 75.2 Å². The van der Waals surface area contributed by atoms with Crippen molar-refractivity contribution in [3.05, 3.63) is 123 Å². The van der Waals surface area contributed by atoms with Crippen molar-refractivity contribution in [1.29, 1.82) is 0 Å². The van der Waals surface area contributed by atoms with Gasteiger partial charge in [0.25, 0.3) is 0 Å². The van der Waals surface area contributed by atoms with Crippen LogP contribution in [0.3, 0.4) is 0 Å². The van der Waals surface area contributed by atoms with Crippen LogP contribution in [0.25, 0.3) is 22.7 Å². The van der Waals surface area contributed by atoms with Crippen LogP contribution >= 0.6 is 31.9 Å². The number of carbonyl (C=O) groups excluding carboxylic acids is 3. The number of rotatable bonds is 8. The first kappa shape index (κ1) is 48.3. The van der Waals surface area contributed by atoms with E-state index in [1.807, 2.05) is 57.2 Å². The first-order chi connectivity index (χ1) is 24.7. The lowest BCUT2D eigenvalue weighted by molar-refractivity contribution is -0.115. The summed E-state index contributed by atoms with van der Waals surface area (Å²) in [5, 5.41) is 0. The zero-order valence-electron chi connectivity index (χ0n) is 29.1. The maximum absolute atomic E-state index is 11.9. The van der Waals surface area contributed by atoms with Gasteiger partial charge in [-0.15, -0.1) is 0 Å². The van der Waals surface area contributed by atoms with Crippen molar-refractivity contribution in [2.45, 2.75) is 42.0 Å². The molecule has 53 heavy (non-hydrogen) atoms. The third-order valence-corrected chi connectivity index (χ3v) is 7.03. The van der Waals surface area contributed by atoms with Gasteiger partial charge >= 0.3 is 13.5 Å². The van der Waals surface area contributed by atoms with E-state index in [9.17, 15) is 27.3 Å². The Morgan fingerprint density at radius 3 is 1.94 bits per heavy atom. The van der Waals surface area contributed by atoms with E-state index in [2.05, 4.69) is 52.5 Å². The largest absolute Gasteiger partial charge is 0.762 e. The number of halogens is 5. The van der Waals surface area contributed by atoms with E-state index in [1.165, 1.54) is 13.1 Å². The van der Waals surface area contributed by atoms with Crippen molar-refractivity contribution in [3.63, 3.8) is 0 Å². The Bertz CT molecular complexity index is 1850. The van der Waals surface area contributed by atoms with Crippen molar-refractivity contribution in [1.82, 2.24) is 15.0 Å². The maximum atomic E-state index is 11.9. The normalized spacial score (nSPS) is 9.40. The molecule has 0 radical (unpaired) electrons. The van der Waals surface area contributed by atoms with Gasteiger partial charge in [-0.25, -0.2) is 9.78 Å². The van der Waals surface area contributed by atoms with Crippen molar-refractivity contribution < 1.29 is 42.6 Å². The number of hydrogen-bond acceptors (Lipinski definition) is 9. The predicted molar refractivity (Wildman–Crippen MR) is 210 cm³/mol. The van der Waals surface area contributed by atoms with Gasteiger partial charge in [-0.2, -0.15) is 0 Å². The molecule has 0 spiro atoms. The summed E-state index contributed by atoms with van der Waals surface area (Å²) in [6, 6.07) is 18.6. The van der Waals surface area contributed by atoms with Crippen molar-refractivity contribution in [3.8, 4) is 22.7 Å². The Kier molecular flexibility index (Phi) is 24.6. The molecule has 2 N–H and O–H groups in total. The topological polar surface area (TPSA) is 148 Å². The molecular weight excluding hydrogens is 824 g/mol. The number of hydrogen-bond donors (Lipinski definition) is 1. The summed E-state index contributed by atoms with van der Waals surface area (Å²) in [7, 11) is -3.67. The van der Waals surface area contributed by atoms with Crippen molar-refractivity contribution in [2.75, 3.05) is 19.8 Å². The first-order valence-corrected chi connectivity index (χ1v) is 17.0. The average Bonchev–Trinajstić information content (AvgIpc) is 3.58. The molecule has 0 fully saturated rings. The molecule has 2 aromatic carbocycles. The molecule has 1 amide bonds. The molecule has 0 atom stereocenters. The quantitative estimate of drug-likeness (QED) is 0.0914. The Labute approximate surface area is 326 Å². The Morgan fingerprint density at radius 1 is 0.887 bits per heavy atom. The molecule has 0 saturated heterocycles. The number of ketones is 1. The minimum atomic E-state index is -3.67. The molecule has 0 unspecified atom stereocenters. The lowest BCUT2D eigenvalue weighted by Crippen LogP contribution is -2.15. The lowest BCUT2D eigenvalue weighted by atomic mass is 10.1. The van der Waals surface area contributed by atoms with Crippen LogP contribution in [0.15, 0.2) is 105 Å². The van der Waals surface area contributed by atoms with Crippen LogP contribution in [-0.2, 0) is 14.3 Å². The molecule has 0 bridgehead atoms. The Balaban J connectivity index is 0. The number of aromatic nitrogens is 3. The number of Topliss-reactive ketones (excluding diaryl/α,β-unsaturated/α-hetero) is 1. The molecule has 0 aliphatic rings. The third-order valence-electron chi connectivity index (χ3n) is 6.04. The standard InChI is InChI=1S/C15H11BrN2O.C15H12BrNO3.C4H10O.C2H5NO.CH4.BF3.H2/c1-10-5-6-17-8-13(10)15-18-14(9-19-15)11-3-2-4-12(16)7-11;1-10-5-6-17-8-13(10)15(19)20-9-14(18)11-3-2-4-12(16)7-11;1-3-5-4-2;1-2(3)4;;2-1(3)4;/h2-9H,1H3;2-8H,9H2,1H3;3-4H2,1-2H3;1H3,(H2,3,4);1H4;;1H/i;;;;;;1+1. The van der Waals surface area contributed by atoms with Gasteiger partial charge in [0.05, 0.1) is 11.1 Å². The highest BCUT2D eigenvalue weighted by Gasteiger charge is 2.14. The Hall–Kier alpha value is -4.67. The molecule has 0 aliphatic heterocycles. The van der Waals surface area contributed by atoms with Gasteiger partial charge in [-0.1, -0.05) is 63.6 Å². The Morgan fingerprint density at radius 2 is 1.43 bits per heavy atom. The summed E-state index contributed by atoms with van der Waals surface area (Å²) in [6.07, 6.45) is 8.23. The van der Waals surface area contributed by atoms with Crippen LogP contribution in [0, 0.1) is 13.8 Å². The van der Waals surface area contributed by atoms with Crippen LogP contribution in [0.4, 0.5) is 12.9 Å². The molecular formula is C37H44BBr2F3N4O6. The smallest absolute Gasteiger partial charge is 0.454 e. The maximum Gasteiger partial charge on any atom is 0.762 e. The van der Waals surface area contributed by atoms with Crippen LogP contribution in [-0.4, -0.2) is 60.0 Å². The summed E-state index contributed by atoms with van der Waals surface area (Å²) in [5.41, 5.74) is 9.95. The molecule has 3 heterocycles. The number of nitrogens with two attached hydrogens (primary N) is 1. The summed E-state index contributed by atoms with van der Waals surface area (Å²) >= 11 is 6.74. The second-order valence-electron chi connectivity index (χ2n) is 10.1. The van der Waals surface area contributed by atoms with Gasteiger partial charge in [0.15, 0.2) is 12.4 Å². The van der Waals surface area contributed by atoms with E-state index >= 15 is 0 Å². The minimum absolute atomic E-state index is 0. The second-order valence-corrected chi connectivity index (χ2v) is 11.9. The second kappa shape index (κ2) is 27.0. The zero-order valence-corrected chi connectivity index (χ0v) is 32.3. The molecule has 3 aromatic heterocycles. The highest BCUT2D eigenvalue weighted by Crippen LogP contribution is 2.27. The van der Waals surface area contributed by atoms with Crippen molar-refractivity contribution >= 4 is 57.1 Å². The number of esters is 1. The summed E-state index contributed by atoms with van der Waals surface area (Å²) < 4.78 is 46.2. The first-order valence-electron chi connectivity index (χ1n) is 15.4. The fraction of sp³-hybridized carbons (Fsp3) is 0.243. The average molecular weight is 869 g/mol. The summed E-state index contributed by atoms with van der Waals surface area (Å²) in [5.74, 6) is -0.527. The zero-order chi connectivity index (χ0) is 39.1. The van der Waals surface area contributed by atoms with Gasteiger partial charge in [0.2, 0.25) is 11.8 Å². The highest BCUT2D eigenvalue weighted by molar-refractivity contribution is 9.10. The number of nitrogens with zero attached hydrogens (tertiary/aromatic N) is 3. The molecule has 5 rings (SSSR count). The van der Waals surface area contributed by atoms with Crippen LogP contribution < -0.4 is 5.73 Å². The third kappa shape index (κ3) is 20.2.